The maximum absolute atomic E-state index is 13.0. The number of amides is 2. The Hall–Kier alpha value is -1.52. The van der Waals surface area contributed by atoms with Gasteiger partial charge in [-0.3, -0.25) is 0 Å². The standard InChI is InChI=1S/C15H19F6N3OS/c1-10-8-26-11(23-10)4-2-3-6-22-12(25)24-7-5-13(9-24,14(16,17)18)15(19,20)21/h8H,2-7,9H2,1H3,(H,22,25). The van der Waals surface area contributed by atoms with Crippen molar-refractivity contribution in [2.75, 3.05) is 19.6 Å². The number of rotatable bonds is 5. The van der Waals surface area contributed by atoms with Crippen molar-refractivity contribution in [3.05, 3.63) is 16.1 Å². The summed E-state index contributed by atoms with van der Waals surface area (Å²) in [6.07, 6.45) is -10.1. The van der Waals surface area contributed by atoms with Crippen LogP contribution < -0.4 is 5.32 Å². The van der Waals surface area contributed by atoms with Crippen molar-refractivity contribution in [2.24, 2.45) is 5.41 Å². The summed E-state index contributed by atoms with van der Waals surface area (Å²) in [6, 6.07) is -0.898. The first-order valence-corrected chi connectivity index (χ1v) is 8.91. The van der Waals surface area contributed by atoms with Crippen molar-refractivity contribution >= 4 is 17.4 Å². The number of unbranched alkanes of at least 4 members (excludes halogenated alkanes) is 1. The van der Waals surface area contributed by atoms with Gasteiger partial charge in [-0.25, -0.2) is 9.78 Å². The average Bonchev–Trinajstić information content (AvgIpc) is 3.12. The maximum atomic E-state index is 13.0. The molecule has 0 radical (unpaired) electrons. The van der Waals surface area contributed by atoms with Gasteiger partial charge >= 0.3 is 18.4 Å². The van der Waals surface area contributed by atoms with E-state index in [1.165, 1.54) is 11.3 Å². The molecule has 11 heteroatoms. The van der Waals surface area contributed by atoms with Crippen molar-refractivity contribution in [1.29, 1.82) is 0 Å². The summed E-state index contributed by atoms with van der Waals surface area (Å²) in [6.45, 7) is 0.0798. The van der Waals surface area contributed by atoms with Crippen molar-refractivity contribution in [2.45, 2.75) is 45.0 Å². The molecular formula is C15H19F6N3OS. The zero-order chi connectivity index (χ0) is 19.6. The molecule has 2 amide bonds. The molecular weight excluding hydrogens is 384 g/mol. The molecule has 0 aromatic carbocycles. The molecule has 26 heavy (non-hydrogen) atoms. The highest BCUT2D eigenvalue weighted by Gasteiger charge is 2.72. The first kappa shape index (κ1) is 20.8. The number of alkyl halides is 6. The van der Waals surface area contributed by atoms with Gasteiger partial charge in [0, 0.05) is 30.7 Å². The summed E-state index contributed by atoms with van der Waals surface area (Å²) in [5, 5.41) is 5.26. The van der Waals surface area contributed by atoms with E-state index >= 15 is 0 Å². The van der Waals surface area contributed by atoms with E-state index in [-0.39, 0.29) is 6.54 Å². The topological polar surface area (TPSA) is 45.2 Å². The summed E-state index contributed by atoms with van der Waals surface area (Å²) in [7, 11) is 0. The van der Waals surface area contributed by atoms with Crippen LogP contribution in [0.2, 0.25) is 0 Å². The monoisotopic (exact) mass is 403 g/mol. The van der Waals surface area contributed by atoms with Gasteiger partial charge in [0.2, 0.25) is 0 Å². The number of hydrogen-bond acceptors (Lipinski definition) is 3. The lowest BCUT2D eigenvalue weighted by Gasteiger charge is -2.33. The smallest absolute Gasteiger partial charge is 0.338 e. The van der Waals surface area contributed by atoms with Gasteiger partial charge in [-0.1, -0.05) is 0 Å². The number of carbonyl (C=O) groups is 1. The van der Waals surface area contributed by atoms with Crippen LogP contribution in [0.15, 0.2) is 5.38 Å². The summed E-state index contributed by atoms with van der Waals surface area (Å²) >= 11 is 1.52. The second kappa shape index (κ2) is 7.61. The third-order valence-corrected chi connectivity index (χ3v) is 5.43. The fraction of sp³-hybridized carbons (Fsp3) is 0.733. The van der Waals surface area contributed by atoms with Crippen LogP contribution in [0.4, 0.5) is 31.1 Å². The zero-order valence-corrected chi connectivity index (χ0v) is 14.8. The van der Waals surface area contributed by atoms with Crippen LogP contribution in [-0.2, 0) is 6.42 Å². The molecule has 0 spiro atoms. The molecule has 1 aromatic rings. The molecule has 1 saturated heterocycles. The van der Waals surface area contributed by atoms with Crippen LogP contribution in [0.3, 0.4) is 0 Å². The molecule has 1 aromatic heterocycles. The van der Waals surface area contributed by atoms with Crippen molar-refractivity contribution < 1.29 is 31.1 Å². The first-order valence-electron chi connectivity index (χ1n) is 8.03. The highest BCUT2D eigenvalue weighted by atomic mass is 32.1. The van der Waals surface area contributed by atoms with E-state index < -0.39 is 43.3 Å². The number of thiazole rings is 1. The number of nitrogens with zero attached hydrogens (tertiary/aromatic N) is 2. The molecule has 0 unspecified atom stereocenters. The quantitative estimate of drug-likeness (QED) is 0.589. The second-order valence-corrected chi connectivity index (χ2v) is 7.26. The number of hydrogen-bond donors (Lipinski definition) is 1. The molecule has 1 fully saturated rings. The first-order chi connectivity index (χ1) is 12.0. The minimum Gasteiger partial charge on any atom is -0.338 e. The predicted molar refractivity (Wildman–Crippen MR) is 83.9 cm³/mol. The van der Waals surface area contributed by atoms with Crippen molar-refractivity contribution in [3.8, 4) is 0 Å². The van der Waals surface area contributed by atoms with E-state index in [0.717, 1.165) is 10.7 Å². The third-order valence-electron chi connectivity index (χ3n) is 4.40. The Labute approximate surface area is 150 Å². The number of halogens is 6. The fourth-order valence-electron chi connectivity index (χ4n) is 2.83. The molecule has 0 saturated carbocycles. The van der Waals surface area contributed by atoms with Gasteiger partial charge in [-0.15, -0.1) is 11.3 Å². The van der Waals surface area contributed by atoms with Gasteiger partial charge in [0.15, 0.2) is 5.41 Å². The number of likely N-dealkylation sites (tertiary alicyclic amines) is 1. The Kier molecular flexibility index (Phi) is 6.09. The summed E-state index contributed by atoms with van der Waals surface area (Å²) < 4.78 is 77.9. The van der Waals surface area contributed by atoms with Crippen LogP contribution in [0.25, 0.3) is 0 Å². The lowest BCUT2D eigenvalue weighted by atomic mass is 9.85. The molecule has 0 atom stereocenters. The van der Waals surface area contributed by atoms with E-state index in [1.54, 1.807) is 0 Å². The normalized spacial score (nSPS) is 17.6. The number of urea groups is 1. The van der Waals surface area contributed by atoms with Gasteiger partial charge in [0.1, 0.15) is 0 Å². The van der Waals surface area contributed by atoms with E-state index in [9.17, 15) is 31.1 Å². The van der Waals surface area contributed by atoms with Crippen LogP contribution in [-0.4, -0.2) is 47.9 Å². The molecule has 2 heterocycles. The molecule has 1 N–H and O–H groups in total. The van der Waals surface area contributed by atoms with Gasteiger partial charge in [0.05, 0.1) is 5.01 Å². The Morgan fingerprint density at radius 2 is 1.92 bits per heavy atom. The van der Waals surface area contributed by atoms with E-state index in [1.807, 2.05) is 12.3 Å². The van der Waals surface area contributed by atoms with Crippen LogP contribution in [0.5, 0.6) is 0 Å². The van der Waals surface area contributed by atoms with E-state index in [4.69, 9.17) is 0 Å². The van der Waals surface area contributed by atoms with Gasteiger partial charge < -0.3 is 10.2 Å². The Morgan fingerprint density at radius 1 is 1.27 bits per heavy atom. The molecule has 0 bridgehead atoms. The number of nitrogens with one attached hydrogen (secondary N) is 1. The van der Waals surface area contributed by atoms with Gasteiger partial charge in [0.25, 0.3) is 0 Å². The Morgan fingerprint density at radius 3 is 2.42 bits per heavy atom. The lowest BCUT2D eigenvalue weighted by Crippen LogP contribution is -2.52. The summed E-state index contributed by atoms with van der Waals surface area (Å²) in [5.74, 6) is 0. The zero-order valence-electron chi connectivity index (χ0n) is 14.0. The maximum Gasteiger partial charge on any atom is 0.404 e. The summed E-state index contributed by atoms with van der Waals surface area (Å²) in [5.41, 5.74) is -2.93. The number of aromatic nitrogens is 1. The Bertz CT molecular complexity index is 614. The second-order valence-electron chi connectivity index (χ2n) is 6.32. The minimum absolute atomic E-state index is 0.185. The van der Waals surface area contributed by atoms with E-state index in [0.29, 0.717) is 24.2 Å². The SMILES string of the molecule is Cc1csc(CCCCNC(=O)N2CCC(C(F)(F)F)(C(F)(F)F)C2)n1. The average molecular weight is 403 g/mol. The van der Waals surface area contributed by atoms with Crippen LogP contribution in [0, 0.1) is 12.3 Å². The number of carbonyl (C=O) groups excluding carboxylic acids is 1. The molecule has 4 nitrogen and oxygen atoms in total. The molecule has 0 aliphatic carbocycles. The fourth-order valence-corrected chi connectivity index (χ4v) is 3.65. The molecule has 148 valence electrons. The van der Waals surface area contributed by atoms with E-state index in [2.05, 4.69) is 10.3 Å². The highest BCUT2D eigenvalue weighted by Crippen LogP contribution is 2.55. The largest absolute Gasteiger partial charge is 0.404 e. The third kappa shape index (κ3) is 4.41. The minimum atomic E-state index is -5.45. The number of aryl methyl sites for hydroxylation is 2. The summed E-state index contributed by atoms with van der Waals surface area (Å²) in [4.78, 5) is 16.8. The van der Waals surface area contributed by atoms with Crippen LogP contribution in [0.1, 0.15) is 30.0 Å². The Balaban J connectivity index is 1.79. The lowest BCUT2D eigenvalue weighted by molar-refractivity contribution is -0.334. The van der Waals surface area contributed by atoms with Gasteiger partial charge in [-0.05, 0) is 32.6 Å². The molecule has 1 aliphatic rings. The van der Waals surface area contributed by atoms with Gasteiger partial charge in [-0.2, -0.15) is 26.3 Å². The van der Waals surface area contributed by atoms with Crippen LogP contribution >= 0.6 is 11.3 Å². The predicted octanol–water partition coefficient (Wildman–Crippen LogP) is 4.30. The van der Waals surface area contributed by atoms with Crippen molar-refractivity contribution in [3.63, 3.8) is 0 Å². The van der Waals surface area contributed by atoms with Crippen molar-refractivity contribution in [1.82, 2.24) is 15.2 Å². The highest BCUT2D eigenvalue weighted by molar-refractivity contribution is 7.09. The molecule has 2 rings (SSSR count). The molecule has 1 aliphatic heterocycles.